The second kappa shape index (κ2) is 8.87. The molecule has 0 aliphatic carbocycles. The molecule has 166 valence electrons. The summed E-state index contributed by atoms with van der Waals surface area (Å²) in [5.74, 6) is 1.23. The minimum atomic E-state index is -0.530. The van der Waals surface area contributed by atoms with Gasteiger partial charge >= 0.3 is 6.09 Å². The summed E-state index contributed by atoms with van der Waals surface area (Å²) in [5.41, 5.74) is 0.866. The molecule has 9 heteroatoms. The number of aromatic nitrogens is 2. The van der Waals surface area contributed by atoms with Crippen molar-refractivity contribution in [3.8, 4) is 11.4 Å². The Morgan fingerprint density at radius 1 is 1.29 bits per heavy atom. The molecule has 1 aliphatic heterocycles. The molecule has 2 aromatic rings. The van der Waals surface area contributed by atoms with E-state index in [-0.39, 0.29) is 17.8 Å². The van der Waals surface area contributed by atoms with Crippen molar-refractivity contribution in [2.24, 2.45) is 0 Å². The van der Waals surface area contributed by atoms with Crippen molar-refractivity contribution in [1.29, 1.82) is 0 Å². The first-order valence-corrected chi connectivity index (χ1v) is 10.4. The van der Waals surface area contributed by atoms with Crippen LogP contribution in [-0.2, 0) is 4.74 Å². The fraction of sp³-hybridized carbons (Fsp3) is 0.500. The van der Waals surface area contributed by atoms with Gasteiger partial charge in [0.25, 0.3) is 5.69 Å². The van der Waals surface area contributed by atoms with E-state index in [9.17, 15) is 14.9 Å². The summed E-state index contributed by atoms with van der Waals surface area (Å²) in [7, 11) is 0. The Balaban J connectivity index is 1.75. The molecule has 1 amide bonds. The van der Waals surface area contributed by atoms with E-state index >= 15 is 0 Å². The molecule has 1 aliphatic rings. The van der Waals surface area contributed by atoms with E-state index in [1.165, 1.54) is 12.1 Å². The van der Waals surface area contributed by atoms with Crippen molar-refractivity contribution in [2.45, 2.75) is 65.1 Å². The van der Waals surface area contributed by atoms with Gasteiger partial charge in [0.2, 0.25) is 0 Å². The molecule has 2 atom stereocenters. The fourth-order valence-corrected chi connectivity index (χ4v) is 3.70. The van der Waals surface area contributed by atoms with Crippen LogP contribution in [0.1, 0.15) is 46.2 Å². The Labute approximate surface area is 182 Å². The lowest BCUT2D eigenvalue weighted by Gasteiger charge is -2.39. The lowest BCUT2D eigenvalue weighted by Crippen LogP contribution is -2.50. The number of benzene rings is 1. The van der Waals surface area contributed by atoms with Crippen LogP contribution in [0.15, 0.2) is 30.3 Å². The van der Waals surface area contributed by atoms with Crippen molar-refractivity contribution >= 4 is 17.6 Å². The third-order valence-corrected chi connectivity index (χ3v) is 5.05. The van der Waals surface area contributed by atoms with E-state index in [1.807, 2.05) is 33.8 Å². The zero-order valence-corrected chi connectivity index (χ0v) is 18.6. The number of nitrogens with one attached hydrogen (secondary N) is 1. The number of ether oxygens (including phenoxy) is 1. The lowest BCUT2D eigenvalue weighted by atomic mass is 9.98. The average Bonchev–Trinajstić information content (AvgIpc) is 2.66. The number of hydrogen-bond acceptors (Lipinski definition) is 7. The molecule has 1 N–H and O–H groups in total. The normalized spacial score (nSPS) is 19.1. The van der Waals surface area contributed by atoms with Crippen LogP contribution < -0.4 is 10.2 Å². The number of hydrogen-bond donors (Lipinski definition) is 1. The zero-order valence-electron chi connectivity index (χ0n) is 18.6. The maximum absolute atomic E-state index is 12.1. The largest absolute Gasteiger partial charge is 0.444 e. The summed E-state index contributed by atoms with van der Waals surface area (Å²) in [6, 6.07) is 8.42. The number of carbonyl (C=O) groups is 1. The molecule has 0 spiro atoms. The maximum atomic E-state index is 12.1. The van der Waals surface area contributed by atoms with Crippen molar-refractivity contribution in [2.75, 3.05) is 11.4 Å². The van der Waals surface area contributed by atoms with Gasteiger partial charge < -0.3 is 15.0 Å². The number of piperidine rings is 1. The highest BCUT2D eigenvalue weighted by Crippen LogP contribution is 2.27. The molecule has 0 saturated carbocycles. The smallest absolute Gasteiger partial charge is 0.407 e. The molecule has 1 saturated heterocycles. The first-order valence-electron chi connectivity index (χ1n) is 10.4. The Hall–Kier alpha value is -3.23. The monoisotopic (exact) mass is 427 g/mol. The number of nitrogens with zero attached hydrogens (tertiary/aromatic N) is 4. The van der Waals surface area contributed by atoms with Gasteiger partial charge in [-0.15, -0.1) is 0 Å². The van der Waals surface area contributed by atoms with Crippen LogP contribution in [0.4, 0.5) is 16.3 Å². The second-order valence-corrected chi connectivity index (χ2v) is 8.91. The molecule has 1 aromatic heterocycles. The Morgan fingerprint density at radius 3 is 2.68 bits per heavy atom. The summed E-state index contributed by atoms with van der Waals surface area (Å²) in [4.78, 5) is 34.1. The molecular weight excluding hydrogens is 398 g/mol. The zero-order chi connectivity index (χ0) is 22.8. The highest BCUT2D eigenvalue weighted by atomic mass is 16.6. The van der Waals surface area contributed by atoms with Gasteiger partial charge in [-0.25, -0.2) is 14.8 Å². The van der Waals surface area contributed by atoms with E-state index in [1.54, 1.807) is 12.1 Å². The molecule has 9 nitrogen and oxygen atoms in total. The van der Waals surface area contributed by atoms with Gasteiger partial charge in [0.05, 0.1) is 4.92 Å². The molecule has 2 heterocycles. The van der Waals surface area contributed by atoms with Gasteiger partial charge in [-0.05, 0) is 47.5 Å². The van der Waals surface area contributed by atoms with Crippen LogP contribution in [0.3, 0.4) is 0 Å². The first kappa shape index (κ1) is 22.5. The molecule has 0 radical (unpaired) electrons. The highest BCUT2D eigenvalue weighted by molar-refractivity contribution is 5.68. The molecule has 3 rings (SSSR count). The SMILES string of the molecule is Cc1cc(N2CCC(NC(=O)OC(C)(C)C)CC2C)nc(-c2cccc([N+](=O)[O-])c2)n1. The van der Waals surface area contributed by atoms with Gasteiger partial charge in [-0.3, -0.25) is 10.1 Å². The van der Waals surface area contributed by atoms with E-state index in [0.717, 1.165) is 24.4 Å². The quantitative estimate of drug-likeness (QED) is 0.574. The fourth-order valence-electron chi connectivity index (χ4n) is 3.70. The third kappa shape index (κ3) is 5.90. The number of alkyl carbamates (subject to hydrolysis) is 1. The van der Waals surface area contributed by atoms with Crippen LogP contribution in [-0.4, -0.2) is 45.2 Å². The van der Waals surface area contributed by atoms with Crippen LogP contribution in [0.5, 0.6) is 0 Å². The third-order valence-electron chi connectivity index (χ3n) is 5.05. The Bertz CT molecular complexity index is 973. The average molecular weight is 428 g/mol. The number of rotatable bonds is 4. The van der Waals surface area contributed by atoms with Crippen molar-refractivity contribution < 1.29 is 14.5 Å². The number of nitro benzene ring substituents is 1. The van der Waals surface area contributed by atoms with Gasteiger partial charge in [0, 0.05) is 48.1 Å². The minimum absolute atomic E-state index is 0.00607. The number of anilines is 1. The Kier molecular flexibility index (Phi) is 6.42. The van der Waals surface area contributed by atoms with E-state index in [2.05, 4.69) is 22.1 Å². The summed E-state index contributed by atoms with van der Waals surface area (Å²) in [6.45, 7) is 10.2. The number of nitro groups is 1. The van der Waals surface area contributed by atoms with Crippen molar-refractivity contribution in [3.63, 3.8) is 0 Å². The Morgan fingerprint density at radius 2 is 2.03 bits per heavy atom. The highest BCUT2D eigenvalue weighted by Gasteiger charge is 2.29. The van der Waals surface area contributed by atoms with Crippen LogP contribution in [0, 0.1) is 17.0 Å². The molecule has 1 fully saturated rings. The van der Waals surface area contributed by atoms with Gasteiger partial charge in [-0.1, -0.05) is 12.1 Å². The summed E-state index contributed by atoms with van der Waals surface area (Å²) < 4.78 is 5.36. The lowest BCUT2D eigenvalue weighted by molar-refractivity contribution is -0.384. The summed E-state index contributed by atoms with van der Waals surface area (Å²) >= 11 is 0. The maximum Gasteiger partial charge on any atom is 0.407 e. The molecule has 0 bridgehead atoms. The van der Waals surface area contributed by atoms with E-state index in [0.29, 0.717) is 17.9 Å². The van der Waals surface area contributed by atoms with Crippen molar-refractivity contribution in [3.05, 3.63) is 46.1 Å². The predicted octanol–water partition coefficient (Wildman–Crippen LogP) is 4.24. The van der Waals surface area contributed by atoms with Crippen molar-refractivity contribution in [1.82, 2.24) is 15.3 Å². The van der Waals surface area contributed by atoms with Gasteiger partial charge in [0.15, 0.2) is 5.82 Å². The molecular formula is C22H29N5O4. The molecule has 1 aromatic carbocycles. The standard InChI is InChI=1S/C22H29N5O4/c1-14-11-19(25-20(23-14)16-7-6-8-18(13-16)27(29)30)26-10-9-17(12-15(26)2)24-21(28)31-22(3,4)5/h6-8,11,13,15,17H,9-10,12H2,1-5H3,(H,24,28). The predicted molar refractivity (Wildman–Crippen MR) is 118 cm³/mol. The summed E-state index contributed by atoms with van der Waals surface area (Å²) in [6.07, 6.45) is 1.12. The van der Waals surface area contributed by atoms with Crippen LogP contribution in [0.25, 0.3) is 11.4 Å². The number of non-ortho nitro benzene ring substituents is 1. The number of amides is 1. The topological polar surface area (TPSA) is 110 Å². The van der Waals surface area contributed by atoms with Gasteiger partial charge in [-0.2, -0.15) is 0 Å². The van der Waals surface area contributed by atoms with Crippen LogP contribution >= 0.6 is 0 Å². The van der Waals surface area contributed by atoms with E-state index in [4.69, 9.17) is 9.72 Å². The minimum Gasteiger partial charge on any atom is -0.444 e. The first-order chi connectivity index (χ1) is 14.5. The van der Waals surface area contributed by atoms with Crippen LogP contribution in [0.2, 0.25) is 0 Å². The van der Waals surface area contributed by atoms with E-state index < -0.39 is 16.6 Å². The molecule has 2 unspecified atom stereocenters. The molecule has 31 heavy (non-hydrogen) atoms. The van der Waals surface area contributed by atoms with Gasteiger partial charge in [0.1, 0.15) is 11.4 Å². The number of carbonyl (C=O) groups excluding carboxylic acids is 1. The summed E-state index contributed by atoms with van der Waals surface area (Å²) in [5, 5.41) is 14.1. The second-order valence-electron chi connectivity index (χ2n) is 8.91. The number of aryl methyl sites for hydroxylation is 1.